The van der Waals surface area contributed by atoms with Crippen molar-refractivity contribution >= 4 is 23.3 Å². The van der Waals surface area contributed by atoms with Gasteiger partial charge in [0.15, 0.2) is 5.82 Å². The first-order chi connectivity index (χ1) is 8.56. The second-order valence-corrected chi connectivity index (χ2v) is 3.73. The zero-order chi connectivity index (χ0) is 13.1. The Hall–Kier alpha value is -2.21. The van der Waals surface area contributed by atoms with E-state index in [0.717, 1.165) is 12.1 Å². The van der Waals surface area contributed by atoms with Gasteiger partial charge in [0, 0.05) is 6.07 Å². The first-order valence-electron chi connectivity index (χ1n) is 4.83. The van der Waals surface area contributed by atoms with Crippen molar-refractivity contribution in [2.75, 3.05) is 5.32 Å². The van der Waals surface area contributed by atoms with E-state index in [1.165, 1.54) is 18.5 Å². The molecule has 0 unspecified atom stereocenters. The van der Waals surface area contributed by atoms with Crippen LogP contribution in [0.2, 0.25) is 5.15 Å². The van der Waals surface area contributed by atoms with E-state index in [9.17, 15) is 9.18 Å². The summed E-state index contributed by atoms with van der Waals surface area (Å²) >= 11 is 5.59. The van der Waals surface area contributed by atoms with E-state index in [1.807, 2.05) is 0 Å². The highest BCUT2D eigenvalue weighted by Gasteiger charge is 2.13. The molecule has 0 aliphatic carbocycles. The number of anilines is 1. The summed E-state index contributed by atoms with van der Waals surface area (Å²) in [5.74, 6) is -1.68. The number of phenols is 1. The zero-order valence-corrected chi connectivity index (χ0v) is 9.65. The molecule has 1 aromatic heterocycles. The Balaban J connectivity index is 2.22. The summed E-state index contributed by atoms with van der Waals surface area (Å²) in [6, 6.07) is 3.22. The number of benzene rings is 1. The van der Waals surface area contributed by atoms with Crippen LogP contribution in [0.1, 0.15) is 10.4 Å². The van der Waals surface area contributed by atoms with Crippen LogP contribution in [0.5, 0.6) is 5.75 Å². The minimum atomic E-state index is -0.831. The predicted molar refractivity (Wildman–Crippen MR) is 63.1 cm³/mol. The van der Waals surface area contributed by atoms with Gasteiger partial charge < -0.3 is 10.4 Å². The normalized spacial score (nSPS) is 10.1. The molecule has 2 rings (SSSR count). The maximum Gasteiger partial charge on any atom is 0.259 e. The van der Waals surface area contributed by atoms with Crippen molar-refractivity contribution in [3.63, 3.8) is 0 Å². The molecule has 1 amide bonds. The van der Waals surface area contributed by atoms with Crippen LogP contribution < -0.4 is 5.32 Å². The van der Waals surface area contributed by atoms with E-state index < -0.39 is 11.7 Å². The highest BCUT2D eigenvalue weighted by molar-refractivity contribution is 6.29. The number of phenolic OH excluding ortho intramolecular Hbond substituents is 1. The third-order valence-corrected chi connectivity index (χ3v) is 2.23. The molecule has 7 heteroatoms. The quantitative estimate of drug-likeness (QED) is 0.875. The maximum atomic E-state index is 13.4. The van der Waals surface area contributed by atoms with Gasteiger partial charge in [0.1, 0.15) is 16.7 Å². The zero-order valence-electron chi connectivity index (χ0n) is 8.89. The van der Waals surface area contributed by atoms with E-state index in [1.54, 1.807) is 0 Å². The number of hydrogen-bond acceptors (Lipinski definition) is 4. The summed E-state index contributed by atoms with van der Waals surface area (Å²) in [4.78, 5) is 19.2. The maximum absolute atomic E-state index is 13.4. The first-order valence-corrected chi connectivity index (χ1v) is 5.21. The highest BCUT2D eigenvalue weighted by Crippen LogP contribution is 2.16. The van der Waals surface area contributed by atoms with Crippen LogP contribution in [0.4, 0.5) is 10.2 Å². The van der Waals surface area contributed by atoms with Crippen LogP contribution in [0.15, 0.2) is 30.6 Å². The van der Waals surface area contributed by atoms with Crippen LogP contribution in [0.3, 0.4) is 0 Å². The van der Waals surface area contributed by atoms with Gasteiger partial charge in [-0.1, -0.05) is 11.6 Å². The third kappa shape index (κ3) is 2.72. The molecule has 0 spiro atoms. The molecule has 0 aliphatic heterocycles. The lowest BCUT2D eigenvalue weighted by Crippen LogP contribution is -2.14. The topological polar surface area (TPSA) is 75.1 Å². The van der Waals surface area contributed by atoms with Crippen molar-refractivity contribution in [2.24, 2.45) is 0 Å². The Bertz CT molecular complexity index is 607. The average Bonchev–Trinajstić information content (AvgIpc) is 2.28. The van der Waals surface area contributed by atoms with Gasteiger partial charge in [0.25, 0.3) is 5.91 Å². The van der Waals surface area contributed by atoms with Gasteiger partial charge in [-0.25, -0.2) is 9.37 Å². The number of carbonyl (C=O) groups is 1. The SMILES string of the molecule is O=C(Nc1cncc(Cl)n1)c1ccc(O)cc1F. The van der Waals surface area contributed by atoms with Crippen molar-refractivity contribution in [3.05, 3.63) is 47.1 Å². The number of nitrogens with zero attached hydrogens (tertiary/aromatic N) is 2. The van der Waals surface area contributed by atoms with E-state index in [2.05, 4.69) is 15.3 Å². The number of amides is 1. The molecule has 0 saturated heterocycles. The molecule has 0 radical (unpaired) electrons. The number of hydrogen-bond donors (Lipinski definition) is 2. The van der Waals surface area contributed by atoms with Gasteiger partial charge in [0.05, 0.1) is 18.0 Å². The van der Waals surface area contributed by atoms with Crippen molar-refractivity contribution in [3.8, 4) is 5.75 Å². The largest absolute Gasteiger partial charge is 0.508 e. The molecule has 0 saturated carbocycles. The van der Waals surface area contributed by atoms with Crippen LogP contribution >= 0.6 is 11.6 Å². The molecular formula is C11H7ClFN3O2. The molecule has 0 bridgehead atoms. The van der Waals surface area contributed by atoms with Crippen LogP contribution in [0.25, 0.3) is 0 Å². The summed E-state index contributed by atoms with van der Waals surface area (Å²) in [6.45, 7) is 0. The van der Waals surface area contributed by atoms with Gasteiger partial charge in [-0.3, -0.25) is 9.78 Å². The van der Waals surface area contributed by atoms with Gasteiger partial charge in [-0.05, 0) is 12.1 Å². The minimum absolute atomic E-state index is 0.110. The lowest BCUT2D eigenvalue weighted by Gasteiger charge is -2.05. The molecule has 18 heavy (non-hydrogen) atoms. The van der Waals surface area contributed by atoms with Crippen LogP contribution in [-0.2, 0) is 0 Å². The average molecular weight is 268 g/mol. The van der Waals surface area contributed by atoms with Gasteiger partial charge in [0.2, 0.25) is 0 Å². The molecular weight excluding hydrogens is 261 g/mol. The van der Waals surface area contributed by atoms with E-state index in [4.69, 9.17) is 16.7 Å². The van der Waals surface area contributed by atoms with Crippen molar-refractivity contribution in [1.29, 1.82) is 0 Å². The molecule has 0 fully saturated rings. The first kappa shape index (κ1) is 12.3. The van der Waals surface area contributed by atoms with Gasteiger partial charge in [-0.15, -0.1) is 0 Å². The lowest BCUT2D eigenvalue weighted by atomic mass is 10.2. The number of carbonyl (C=O) groups excluding carboxylic acids is 1. The number of rotatable bonds is 2. The lowest BCUT2D eigenvalue weighted by molar-refractivity contribution is 0.102. The Morgan fingerprint density at radius 2 is 2.17 bits per heavy atom. The monoisotopic (exact) mass is 267 g/mol. The molecule has 0 aliphatic rings. The smallest absolute Gasteiger partial charge is 0.259 e. The molecule has 1 heterocycles. The second kappa shape index (κ2) is 4.97. The fraction of sp³-hybridized carbons (Fsp3) is 0. The summed E-state index contributed by atoms with van der Waals surface area (Å²) in [5, 5.41) is 11.5. The Kier molecular flexibility index (Phi) is 3.38. The fourth-order valence-electron chi connectivity index (χ4n) is 1.27. The van der Waals surface area contributed by atoms with Gasteiger partial charge >= 0.3 is 0 Å². The van der Waals surface area contributed by atoms with E-state index >= 15 is 0 Å². The number of nitrogens with one attached hydrogen (secondary N) is 1. The standard InChI is InChI=1S/C11H7ClFN3O2/c12-9-4-14-5-10(15-9)16-11(18)7-2-1-6(17)3-8(7)13/h1-5,17H,(H,15,16,18). The number of aromatic hydroxyl groups is 1. The van der Waals surface area contributed by atoms with Gasteiger partial charge in [-0.2, -0.15) is 0 Å². The molecule has 0 atom stereocenters. The van der Waals surface area contributed by atoms with Crippen molar-refractivity contribution in [1.82, 2.24) is 9.97 Å². The second-order valence-electron chi connectivity index (χ2n) is 3.35. The van der Waals surface area contributed by atoms with Crippen molar-refractivity contribution < 1.29 is 14.3 Å². The number of aromatic nitrogens is 2. The minimum Gasteiger partial charge on any atom is -0.508 e. The molecule has 92 valence electrons. The highest BCUT2D eigenvalue weighted by atomic mass is 35.5. The van der Waals surface area contributed by atoms with Crippen LogP contribution in [-0.4, -0.2) is 21.0 Å². The Morgan fingerprint density at radius 3 is 2.83 bits per heavy atom. The van der Waals surface area contributed by atoms with E-state index in [0.29, 0.717) is 0 Å². The summed E-state index contributed by atoms with van der Waals surface area (Å²) < 4.78 is 13.4. The molecule has 5 nitrogen and oxygen atoms in total. The Labute approximate surface area is 106 Å². The van der Waals surface area contributed by atoms with E-state index in [-0.39, 0.29) is 22.3 Å². The summed E-state index contributed by atoms with van der Waals surface area (Å²) in [7, 11) is 0. The van der Waals surface area contributed by atoms with Crippen LogP contribution in [0, 0.1) is 5.82 Å². The molecule has 1 aromatic carbocycles. The number of halogens is 2. The molecule has 2 N–H and O–H groups in total. The summed E-state index contributed by atoms with van der Waals surface area (Å²) in [5.41, 5.74) is -0.213. The third-order valence-electron chi connectivity index (χ3n) is 2.04. The fourth-order valence-corrected chi connectivity index (χ4v) is 1.42. The Morgan fingerprint density at radius 1 is 1.39 bits per heavy atom. The van der Waals surface area contributed by atoms with Crippen molar-refractivity contribution in [2.45, 2.75) is 0 Å². The summed E-state index contributed by atoms with van der Waals surface area (Å²) in [6.07, 6.45) is 2.58. The molecule has 2 aromatic rings. The predicted octanol–water partition coefficient (Wildman–Crippen LogP) is 2.23.